The molecule has 1 saturated carbocycles. The summed E-state index contributed by atoms with van der Waals surface area (Å²) in [6.07, 6.45) is 5.27. The van der Waals surface area contributed by atoms with Crippen LogP contribution in [-0.2, 0) is 15.4 Å². The second kappa shape index (κ2) is 3.55. The van der Waals surface area contributed by atoms with Crippen LogP contribution < -0.4 is 5.73 Å². The lowest BCUT2D eigenvalue weighted by Gasteiger charge is -2.25. The number of hydrogen-bond acceptors (Lipinski definition) is 4. The first-order chi connectivity index (χ1) is 8.00. The minimum atomic E-state index is -2.90. The van der Waals surface area contributed by atoms with Crippen LogP contribution >= 0.6 is 0 Å². The van der Waals surface area contributed by atoms with Gasteiger partial charge < -0.3 is 5.73 Å². The molecule has 1 atom stereocenters. The number of hydrogen-bond donors (Lipinski definition) is 1. The van der Waals surface area contributed by atoms with Crippen molar-refractivity contribution in [3.63, 3.8) is 0 Å². The molecule has 0 bridgehead atoms. The Morgan fingerprint density at radius 2 is 2.24 bits per heavy atom. The Morgan fingerprint density at radius 1 is 1.47 bits per heavy atom. The molecule has 17 heavy (non-hydrogen) atoms. The van der Waals surface area contributed by atoms with Gasteiger partial charge in [0.05, 0.1) is 28.8 Å². The fourth-order valence-electron chi connectivity index (χ4n) is 2.58. The van der Waals surface area contributed by atoms with E-state index in [4.69, 9.17) is 5.73 Å². The number of sulfone groups is 1. The second-order valence-electron chi connectivity index (χ2n) is 5.23. The Kier molecular flexibility index (Phi) is 2.35. The third-order valence-electron chi connectivity index (χ3n) is 3.75. The highest BCUT2D eigenvalue weighted by atomic mass is 32.2. The monoisotopic (exact) mass is 255 g/mol. The van der Waals surface area contributed by atoms with Crippen LogP contribution in [0.25, 0.3) is 0 Å². The largest absolute Gasteiger partial charge is 0.320 e. The van der Waals surface area contributed by atoms with E-state index in [2.05, 4.69) is 5.10 Å². The molecule has 3 rings (SSSR count). The van der Waals surface area contributed by atoms with Crippen molar-refractivity contribution >= 4 is 9.84 Å². The van der Waals surface area contributed by atoms with Gasteiger partial charge in [-0.2, -0.15) is 5.10 Å². The average molecular weight is 255 g/mol. The Balaban J connectivity index is 1.92. The van der Waals surface area contributed by atoms with Gasteiger partial charge in [0.15, 0.2) is 9.84 Å². The topological polar surface area (TPSA) is 78.0 Å². The molecule has 1 unspecified atom stereocenters. The normalized spacial score (nSPS) is 30.1. The standard InChI is InChI=1S/C11H17N3O2S/c12-11(4-5-11)10-3-6-13-14(10)9-2-1-7-17(15,16)8-9/h3,6,9H,1-2,4-5,7-8,12H2. The third-order valence-corrected chi connectivity index (χ3v) is 5.56. The van der Waals surface area contributed by atoms with Crippen molar-refractivity contribution in [1.82, 2.24) is 9.78 Å². The van der Waals surface area contributed by atoms with Gasteiger partial charge in [-0.1, -0.05) is 0 Å². The Hall–Kier alpha value is -0.880. The van der Waals surface area contributed by atoms with E-state index in [0.717, 1.165) is 31.4 Å². The molecule has 2 fully saturated rings. The summed E-state index contributed by atoms with van der Waals surface area (Å²) in [5.74, 6) is 0.519. The fourth-order valence-corrected chi connectivity index (χ4v) is 4.25. The van der Waals surface area contributed by atoms with Crippen LogP contribution in [-0.4, -0.2) is 29.7 Å². The highest BCUT2D eigenvalue weighted by molar-refractivity contribution is 7.91. The summed E-state index contributed by atoms with van der Waals surface area (Å²) in [4.78, 5) is 0. The molecule has 0 amide bonds. The molecule has 0 radical (unpaired) electrons. The van der Waals surface area contributed by atoms with Crippen LogP contribution in [0, 0.1) is 0 Å². The summed E-state index contributed by atoms with van der Waals surface area (Å²) >= 11 is 0. The molecule has 6 heteroatoms. The minimum Gasteiger partial charge on any atom is -0.320 e. The Morgan fingerprint density at radius 3 is 2.88 bits per heavy atom. The molecule has 5 nitrogen and oxygen atoms in total. The quantitative estimate of drug-likeness (QED) is 0.838. The Labute approximate surface area is 101 Å². The van der Waals surface area contributed by atoms with Crippen LogP contribution in [0.5, 0.6) is 0 Å². The van der Waals surface area contributed by atoms with Gasteiger partial charge in [-0.05, 0) is 31.7 Å². The predicted octanol–water partition coefficient (Wildman–Crippen LogP) is 0.581. The van der Waals surface area contributed by atoms with Crippen molar-refractivity contribution in [2.24, 2.45) is 5.73 Å². The van der Waals surface area contributed by atoms with Crippen LogP contribution in [0.15, 0.2) is 12.3 Å². The molecule has 2 N–H and O–H groups in total. The molecule has 1 aliphatic heterocycles. The van der Waals surface area contributed by atoms with Crippen molar-refractivity contribution in [3.05, 3.63) is 18.0 Å². The first-order valence-electron chi connectivity index (χ1n) is 6.03. The van der Waals surface area contributed by atoms with Gasteiger partial charge in [0.25, 0.3) is 0 Å². The van der Waals surface area contributed by atoms with E-state index in [1.54, 1.807) is 6.20 Å². The summed E-state index contributed by atoms with van der Waals surface area (Å²) in [7, 11) is -2.90. The second-order valence-corrected chi connectivity index (χ2v) is 7.46. The van der Waals surface area contributed by atoms with Crippen LogP contribution in [0.1, 0.15) is 37.4 Å². The van der Waals surface area contributed by atoms with Gasteiger partial charge in [0.2, 0.25) is 0 Å². The molecule has 1 saturated heterocycles. The lowest BCUT2D eigenvalue weighted by Crippen LogP contribution is -2.32. The summed E-state index contributed by atoms with van der Waals surface area (Å²) in [6.45, 7) is 0. The first-order valence-corrected chi connectivity index (χ1v) is 7.86. The summed E-state index contributed by atoms with van der Waals surface area (Å²) in [6, 6.07) is 1.90. The van der Waals surface area contributed by atoms with Crippen LogP contribution in [0.3, 0.4) is 0 Å². The third kappa shape index (κ3) is 1.99. The zero-order chi connectivity index (χ0) is 12.1. The lowest BCUT2D eigenvalue weighted by molar-refractivity contribution is 0.409. The molecular formula is C11H17N3O2S. The average Bonchev–Trinajstić information content (AvgIpc) is 2.81. The molecule has 0 spiro atoms. The SMILES string of the molecule is NC1(c2ccnn2C2CCCS(=O)(=O)C2)CC1. The molecule has 2 heterocycles. The molecule has 1 aromatic rings. The maximum Gasteiger partial charge on any atom is 0.152 e. The highest BCUT2D eigenvalue weighted by Gasteiger charge is 2.44. The van der Waals surface area contributed by atoms with Gasteiger partial charge in [-0.15, -0.1) is 0 Å². The first kappa shape index (κ1) is 11.2. The molecule has 0 aromatic carbocycles. The molecular weight excluding hydrogens is 238 g/mol. The van der Waals surface area contributed by atoms with Gasteiger partial charge in [-0.25, -0.2) is 8.42 Å². The Bertz CT molecular complexity index is 531. The fraction of sp³-hybridized carbons (Fsp3) is 0.727. The number of aromatic nitrogens is 2. The van der Waals surface area contributed by atoms with Crippen molar-refractivity contribution in [3.8, 4) is 0 Å². The van der Waals surface area contributed by atoms with Gasteiger partial charge >= 0.3 is 0 Å². The van der Waals surface area contributed by atoms with E-state index in [0.29, 0.717) is 5.75 Å². The van der Waals surface area contributed by atoms with E-state index >= 15 is 0 Å². The van der Waals surface area contributed by atoms with Crippen LogP contribution in [0.4, 0.5) is 0 Å². The smallest absolute Gasteiger partial charge is 0.152 e. The molecule has 1 aromatic heterocycles. The number of nitrogens with two attached hydrogens (primary N) is 1. The van der Waals surface area contributed by atoms with Gasteiger partial charge in [0, 0.05) is 6.20 Å². The lowest BCUT2D eigenvalue weighted by atomic mass is 10.1. The zero-order valence-corrected chi connectivity index (χ0v) is 10.5. The zero-order valence-electron chi connectivity index (χ0n) is 9.67. The van der Waals surface area contributed by atoms with Gasteiger partial charge in [-0.3, -0.25) is 4.68 Å². The number of nitrogens with zero attached hydrogens (tertiary/aromatic N) is 2. The van der Waals surface area contributed by atoms with E-state index in [1.165, 1.54) is 0 Å². The van der Waals surface area contributed by atoms with E-state index < -0.39 is 9.84 Å². The summed E-state index contributed by atoms with van der Waals surface area (Å²) < 4.78 is 25.2. The van der Waals surface area contributed by atoms with E-state index in [1.807, 2.05) is 10.7 Å². The van der Waals surface area contributed by atoms with Crippen molar-refractivity contribution < 1.29 is 8.42 Å². The molecule has 1 aliphatic carbocycles. The summed E-state index contributed by atoms with van der Waals surface area (Å²) in [5, 5.41) is 4.28. The highest BCUT2D eigenvalue weighted by Crippen LogP contribution is 2.43. The maximum absolute atomic E-state index is 11.7. The van der Waals surface area contributed by atoms with Gasteiger partial charge in [0.1, 0.15) is 0 Å². The maximum atomic E-state index is 11.7. The minimum absolute atomic E-state index is 0.0280. The van der Waals surface area contributed by atoms with E-state index in [-0.39, 0.29) is 17.3 Å². The van der Waals surface area contributed by atoms with Crippen molar-refractivity contribution in [2.45, 2.75) is 37.3 Å². The number of rotatable bonds is 2. The predicted molar refractivity (Wildman–Crippen MR) is 64.3 cm³/mol. The van der Waals surface area contributed by atoms with E-state index in [9.17, 15) is 8.42 Å². The molecule has 94 valence electrons. The van der Waals surface area contributed by atoms with Crippen LogP contribution in [0.2, 0.25) is 0 Å². The summed E-state index contributed by atoms with van der Waals surface area (Å²) in [5.41, 5.74) is 6.92. The van der Waals surface area contributed by atoms with Crippen molar-refractivity contribution in [2.75, 3.05) is 11.5 Å². The van der Waals surface area contributed by atoms with Crippen molar-refractivity contribution in [1.29, 1.82) is 0 Å². The molecule has 2 aliphatic rings.